The fourth-order valence-corrected chi connectivity index (χ4v) is 4.38. The van der Waals surface area contributed by atoms with E-state index in [4.69, 9.17) is 16.1 Å². The molecule has 2 rings (SSSR count). The lowest BCUT2D eigenvalue weighted by molar-refractivity contribution is -0.140. The Morgan fingerprint density at radius 1 is 1.52 bits per heavy atom. The minimum Gasteiger partial charge on any atom is -0.480 e. The van der Waals surface area contributed by atoms with E-state index in [0.29, 0.717) is 19.3 Å². The molecule has 0 aliphatic carbocycles. The van der Waals surface area contributed by atoms with Gasteiger partial charge in [0.2, 0.25) is 0 Å². The predicted molar refractivity (Wildman–Crippen MR) is 82.0 cm³/mol. The van der Waals surface area contributed by atoms with E-state index in [1.807, 2.05) is 0 Å². The lowest BCUT2D eigenvalue weighted by atomic mass is 10.0. The molecule has 0 spiro atoms. The van der Waals surface area contributed by atoms with Gasteiger partial charge >= 0.3 is 12.0 Å². The minimum absolute atomic E-state index is 0.0414. The van der Waals surface area contributed by atoms with E-state index >= 15 is 0 Å². The smallest absolute Gasteiger partial charge is 0.332 e. The monoisotopic (exact) mass is 347 g/mol. The third-order valence-electron chi connectivity index (χ3n) is 3.96. The first kappa shape index (κ1) is 17.8. The van der Waals surface area contributed by atoms with Gasteiger partial charge in [-0.05, 0) is 12.8 Å². The van der Waals surface area contributed by atoms with Gasteiger partial charge in [-0.1, -0.05) is 6.42 Å². The molecule has 0 aromatic heterocycles. The number of aliphatic hydroxyl groups is 1. The lowest BCUT2D eigenvalue weighted by Gasteiger charge is -2.23. The molecule has 10 nitrogen and oxygen atoms in total. The molecular formula is C12H21N5O5S. The molecule has 2 fully saturated rings. The van der Waals surface area contributed by atoms with Crippen LogP contribution in [0.15, 0.2) is 0 Å². The van der Waals surface area contributed by atoms with E-state index < -0.39 is 24.5 Å². The van der Waals surface area contributed by atoms with Crippen LogP contribution in [0, 0.1) is 0 Å². The number of aliphatic hydroxyl groups excluding tert-OH is 1. The second kappa shape index (κ2) is 7.81. The molecule has 0 aromatic carbocycles. The summed E-state index contributed by atoms with van der Waals surface area (Å²) in [7, 11) is 0. The summed E-state index contributed by atoms with van der Waals surface area (Å²) in [5, 5.41) is 21.9. The summed E-state index contributed by atoms with van der Waals surface area (Å²) in [6.45, 7) is -0.714. The van der Waals surface area contributed by atoms with Crippen LogP contribution in [-0.2, 0) is 9.59 Å². The first-order valence-electron chi connectivity index (χ1n) is 7.28. The standard InChI is InChI=1S/C12H21N5O5S/c13-17-10-7(14-12(17)22)5-23-8(10)3-1-2-6(11(20)21)15-16-9(19)4-18/h6-8,10,15,18H,1-5,13H2,(H,14,22)(H,16,19)(H,20,21)/t6?,7-,8-,10-/m0/s1. The van der Waals surface area contributed by atoms with Crippen molar-refractivity contribution in [3.8, 4) is 0 Å². The molecule has 130 valence electrons. The number of hydrogen-bond acceptors (Lipinski definition) is 7. The molecule has 23 heavy (non-hydrogen) atoms. The third-order valence-corrected chi connectivity index (χ3v) is 5.45. The molecule has 4 atom stereocenters. The average Bonchev–Trinajstić information content (AvgIpc) is 3.03. The van der Waals surface area contributed by atoms with Crippen molar-refractivity contribution in [1.82, 2.24) is 21.2 Å². The van der Waals surface area contributed by atoms with Crippen LogP contribution in [0.25, 0.3) is 0 Å². The van der Waals surface area contributed by atoms with Crippen LogP contribution in [0.3, 0.4) is 0 Å². The van der Waals surface area contributed by atoms with Crippen molar-refractivity contribution in [2.24, 2.45) is 5.84 Å². The summed E-state index contributed by atoms with van der Waals surface area (Å²) in [6, 6.07) is -1.25. The van der Waals surface area contributed by atoms with Gasteiger partial charge in [-0.2, -0.15) is 11.8 Å². The summed E-state index contributed by atoms with van der Waals surface area (Å²) < 4.78 is 0. The number of aliphatic carboxylic acids is 1. The van der Waals surface area contributed by atoms with E-state index in [9.17, 15) is 14.4 Å². The van der Waals surface area contributed by atoms with Crippen LogP contribution in [0.1, 0.15) is 19.3 Å². The number of carboxylic acid groups (broad SMARTS) is 1. The average molecular weight is 347 g/mol. The highest BCUT2D eigenvalue weighted by molar-refractivity contribution is 8.00. The van der Waals surface area contributed by atoms with E-state index in [-0.39, 0.29) is 23.4 Å². The van der Waals surface area contributed by atoms with E-state index in [1.165, 1.54) is 5.01 Å². The second-order valence-corrected chi connectivity index (χ2v) is 6.77. The van der Waals surface area contributed by atoms with Gasteiger partial charge in [0.1, 0.15) is 12.6 Å². The maximum atomic E-state index is 11.5. The number of nitrogens with zero attached hydrogens (tertiary/aromatic N) is 1. The maximum Gasteiger partial charge on any atom is 0.332 e. The van der Waals surface area contributed by atoms with Gasteiger partial charge in [-0.15, -0.1) is 0 Å². The Labute approximate surface area is 137 Å². The molecule has 1 unspecified atom stereocenters. The normalized spacial score (nSPS) is 27.5. The van der Waals surface area contributed by atoms with Crippen molar-refractivity contribution >= 4 is 29.7 Å². The quantitative estimate of drug-likeness (QED) is 0.127. The van der Waals surface area contributed by atoms with Crippen molar-refractivity contribution in [2.45, 2.75) is 42.6 Å². The summed E-state index contributed by atoms with van der Waals surface area (Å²) >= 11 is 1.72. The molecule has 2 saturated heterocycles. The van der Waals surface area contributed by atoms with Gasteiger partial charge in [-0.3, -0.25) is 20.0 Å². The number of hydrogen-bond donors (Lipinski definition) is 6. The third kappa shape index (κ3) is 4.25. The van der Waals surface area contributed by atoms with Crippen LogP contribution >= 0.6 is 11.8 Å². The van der Waals surface area contributed by atoms with E-state index in [2.05, 4.69) is 16.2 Å². The Kier molecular flexibility index (Phi) is 6.04. The Balaban J connectivity index is 1.77. The molecule has 0 saturated carbocycles. The molecule has 0 aromatic rings. The maximum absolute atomic E-state index is 11.5. The first-order valence-corrected chi connectivity index (χ1v) is 8.33. The van der Waals surface area contributed by atoms with E-state index in [0.717, 1.165) is 5.75 Å². The number of carbonyl (C=O) groups excluding carboxylic acids is 2. The topological polar surface area (TPSA) is 157 Å². The summed E-state index contributed by atoms with van der Waals surface area (Å²) in [5.74, 6) is 4.77. The van der Waals surface area contributed by atoms with Gasteiger partial charge < -0.3 is 15.5 Å². The highest BCUT2D eigenvalue weighted by Gasteiger charge is 2.47. The van der Waals surface area contributed by atoms with Crippen LogP contribution in [0.2, 0.25) is 0 Å². The molecule has 3 amide bonds. The zero-order valence-corrected chi connectivity index (χ0v) is 13.2. The number of hydrazine groups is 2. The zero-order chi connectivity index (χ0) is 17.0. The van der Waals surface area contributed by atoms with Crippen molar-refractivity contribution < 1.29 is 24.6 Å². The number of thioether (sulfide) groups is 1. The molecule has 11 heteroatoms. The van der Waals surface area contributed by atoms with Gasteiger partial charge in [0.05, 0.1) is 12.1 Å². The largest absolute Gasteiger partial charge is 0.480 e. The van der Waals surface area contributed by atoms with Crippen LogP contribution in [-0.4, -0.2) is 68.9 Å². The lowest BCUT2D eigenvalue weighted by Crippen LogP contribution is -2.49. The SMILES string of the molecule is NN1C(=O)N[C@H]2CS[C@@H](CCCC(NNC(=O)CO)C(=O)O)[C@H]21. The molecule has 7 N–H and O–H groups in total. The van der Waals surface area contributed by atoms with Crippen molar-refractivity contribution in [3.05, 3.63) is 0 Å². The second-order valence-electron chi connectivity index (χ2n) is 5.50. The Morgan fingerprint density at radius 2 is 2.26 bits per heavy atom. The summed E-state index contributed by atoms with van der Waals surface area (Å²) in [4.78, 5) is 33.6. The Bertz CT molecular complexity index is 479. The van der Waals surface area contributed by atoms with Crippen LogP contribution < -0.4 is 22.0 Å². The molecule has 0 radical (unpaired) electrons. The Morgan fingerprint density at radius 3 is 2.91 bits per heavy atom. The van der Waals surface area contributed by atoms with Crippen molar-refractivity contribution in [2.75, 3.05) is 12.4 Å². The number of carboxylic acids is 1. The van der Waals surface area contributed by atoms with Crippen molar-refractivity contribution in [3.63, 3.8) is 0 Å². The summed E-state index contributed by atoms with van der Waals surface area (Å²) in [5.41, 5.74) is 4.52. The number of nitrogens with one attached hydrogen (secondary N) is 3. The molecule has 0 bridgehead atoms. The van der Waals surface area contributed by atoms with Crippen LogP contribution in [0.5, 0.6) is 0 Å². The van der Waals surface area contributed by atoms with Crippen molar-refractivity contribution in [1.29, 1.82) is 0 Å². The van der Waals surface area contributed by atoms with E-state index in [1.54, 1.807) is 11.8 Å². The summed E-state index contributed by atoms with van der Waals surface area (Å²) in [6.07, 6.45) is 1.62. The predicted octanol–water partition coefficient (Wildman–Crippen LogP) is -2.03. The van der Waals surface area contributed by atoms with Gasteiger partial charge in [0.15, 0.2) is 0 Å². The number of fused-ring (bicyclic) bond motifs is 1. The Hall–Kier alpha value is -1.56. The number of amides is 3. The number of rotatable bonds is 8. The van der Waals surface area contributed by atoms with Gasteiger partial charge in [0, 0.05) is 11.0 Å². The molecule has 2 heterocycles. The fraction of sp³-hybridized carbons (Fsp3) is 0.750. The number of urea groups is 1. The van der Waals surface area contributed by atoms with Crippen LogP contribution in [0.4, 0.5) is 4.79 Å². The highest BCUT2D eigenvalue weighted by Crippen LogP contribution is 2.36. The van der Waals surface area contributed by atoms with Gasteiger partial charge in [-0.25, -0.2) is 16.1 Å². The molecular weight excluding hydrogens is 326 g/mol. The van der Waals surface area contributed by atoms with Gasteiger partial charge in [0.25, 0.3) is 5.91 Å². The molecule has 2 aliphatic heterocycles. The fourth-order valence-electron chi connectivity index (χ4n) is 2.79. The number of nitrogens with two attached hydrogens (primary N) is 1. The molecule has 2 aliphatic rings. The highest BCUT2D eigenvalue weighted by atomic mass is 32.2. The first-order chi connectivity index (χ1) is 10.9. The minimum atomic E-state index is -1.08. The zero-order valence-electron chi connectivity index (χ0n) is 12.4. The number of carbonyl (C=O) groups is 3.